The van der Waals surface area contributed by atoms with Crippen LogP contribution in [0.25, 0.3) is 0 Å². The molecule has 0 bridgehead atoms. The molecule has 3 N–H and O–H groups in total. The number of nitrogens with one attached hydrogen (secondary N) is 1. The molecule has 2 aromatic rings. The van der Waals surface area contributed by atoms with Gasteiger partial charge in [0, 0.05) is 10.6 Å². The number of carbonyl (C=O) groups is 1. The van der Waals surface area contributed by atoms with E-state index in [1.807, 2.05) is 0 Å². The number of sulfonamides is 1. The molecule has 0 unspecified atom stereocenters. The van der Waals surface area contributed by atoms with Crippen molar-refractivity contribution in [3.8, 4) is 0 Å². The van der Waals surface area contributed by atoms with Gasteiger partial charge in [-0.3, -0.25) is 4.79 Å². The first-order chi connectivity index (χ1) is 11.2. The van der Waals surface area contributed by atoms with Crippen molar-refractivity contribution in [3.05, 3.63) is 54.1 Å². The van der Waals surface area contributed by atoms with Crippen molar-refractivity contribution in [2.24, 2.45) is 5.14 Å². The van der Waals surface area contributed by atoms with Gasteiger partial charge in [0.25, 0.3) is 0 Å². The lowest BCUT2D eigenvalue weighted by atomic mass is 10.3. The SMILES string of the molecule is C[C@@H](Sc1cc(F)ccc1F)C(=O)Nc1ccc(S(N)(=O)=O)cc1. The van der Waals surface area contributed by atoms with E-state index in [4.69, 9.17) is 5.14 Å². The van der Waals surface area contributed by atoms with Gasteiger partial charge < -0.3 is 5.32 Å². The van der Waals surface area contributed by atoms with Crippen molar-refractivity contribution in [2.75, 3.05) is 5.32 Å². The minimum atomic E-state index is -3.81. The lowest BCUT2D eigenvalue weighted by Gasteiger charge is -2.13. The van der Waals surface area contributed by atoms with E-state index in [2.05, 4.69) is 5.32 Å². The first kappa shape index (κ1) is 18.4. The molecule has 2 aromatic carbocycles. The molecule has 5 nitrogen and oxygen atoms in total. The van der Waals surface area contributed by atoms with Crippen LogP contribution >= 0.6 is 11.8 Å². The van der Waals surface area contributed by atoms with Crippen LogP contribution in [0.2, 0.25) is 0 Å². The Morgan fingerprint density at radius 3 is 2.38 bits per heavy atom. The molecule has 1 atom stereocenters. The molecular formula is C15H14F2N2O3S2. The van der Waals surface area contributed by atoms with E-state index in [9.17, 15) is 22.0 Å². The Kier molecular flexibility index (Phi) is 5.58. The van der Waals surface area contributed by atoms with Crippen molar-refractivity contribution >= 4 is 33.4 Å². The molecule has 0 radical (unpaired) electrons. The van der Waals surface area contributed by atoms with Crippen LogP contribution in [-0.4, -0.2) is 19.6 Å². The number of thioether (sulfide) groups is 1. The predicted octanol–water partition coefficient (Wildman–Crippen LogP) is 2.73. The molecule has 24 heavy (non-hydrogen) atoms. The van der Waals surface area contributed by atoms with Gasteiger partial charge in [0.15, 0.2) is 0 Å². The Labute approximate surface area is 142 Å². The van der Waals surface area contributed by atoms with Gasteiger partial charge in [0.05, 0.1) is 10.1 Å². The summed E-state index contributed by atoms with van der Waals surface area (Å²) in [5.41, 5.74) is 0.361. The fourth-order valence-corrected chi connectivity index (χ4v) is 3.21. The summed E-state index contributed by atoms with van der Waals surface area (Å²) >= 11 is 0.876. The van der Waals surface area contributed by atoms with Crippen LogP contribution in [0.5, 0.6) is 0 Å². The van der Waals surface area contributed by atoms with Gasteiger partial charge in [0.2, 0.25) is 15.9 Å². The van der Waals surface area contributed by atoms with Crippen LogP contribution in [0.15, 0.2) is 52.3 Å². The number of rotatable bonds is 5. The Morgan fingerprint density at radius 1 is 1.17 bits per heavy atom. The van der Waals surface area contributed by atoms with E-state index in [1.165, 1.54) is 24.3 Å². The van der Waals surface area contributed by atoms with E-state index < -0.39 is 32.8 Å². The van der Waals surface area contributed by atoms with E-state index in [1.54, 1.807) is 6.92 Å². The zero-order chi connectivity index (χ0) is 17.9. The van der Waals surface area contributed by atoms with Crippen LogP contribution < -0.4 is 10.5 Å². The van der Waals surface area contributed by atoms with Crippen molar-refractivity contribution in [2.45, 2.75) is 22.0 Å². The maximum absolute atomic E-state index is 13.6. The molecule has 1 amide bonds. The number of hydrogen-bond acceptors (Lipinski definition) is 4. The lowest BCUT2D eigenvalue weighted by Crippen LogP contribution is -2.22. The standard InChI is InChI=1S/C15H14F2N2O3S2/c1-9(23-14-8-10(16)2-7-13(14)17)15(20)19-11-3-5-12(6-4-11)24(18,21)22/h2-9H,1H3,(H,19,20)(H2,18,21,22)/t9-/m1/s1. The van der Waals surface area contributed by atoms with Crippen LogP contribution in [0.3, 0.4) is 0 Å². The normalized spacial score (nSPS) is 12.7. The zero-order valence-electron chi connectivity index (χ0n) is 12.5. The number of benzene rings is 2. The number of anilines is 1. The maximum atomic E-state index is 13.6. The van der Waals surface area contributed by atoms with Crippen molar-refractivity contribution in [1.29, 1.82) is 0 Å². The molecule has 0 aromatic heterocycles. The quantitative estimate of drug-likeness (QED) is 0.790. The summed E-state index contributed by atoms with van der Waals surface area (Å²) in [6.07, 6.45) is 0. The van der Waals surface area contributed by atoms with Crippen molar-refractivity contribution < 1.29 is 22.0 Å². The summed E-state index contributed by atoms with van der Waals surface area (Å²) in [6, 6.07) is 8.30. The van der Waals surface area contributed by atoms with E-state index in [0.717, 1.165) is 30.0 Å². The Balaban J connectivity index is 2.05. The Morgan fingerprint density at radius 2 is 1.79 bits per heavy atom. The molecule has 128 valence electrons. The fraction of sp³-hybridized carbons (Fsp3) is 0.133. The first-order valence-electron chi connectivity index (χ1n) is 6.72. The molecule has 0 heterocycles. The maximum Gasteiger partial charge on any atom is 0.238 e. The summed E-state index contributed by atoms with van der Waals surface area (Å²) < 4.78 is 49.0. The van der Waals surface area contributed by atoms with Gasteiger partial charge in [0.1, 0.15) is 11.6 Å². The fourth-order valence-electron chi connectivity index (χ4n) is 1.78. The highest BCUT2D eigenvalue weighted by Crippen LogP contribution is 2.27. The third kappa shape index (κ3) is 4.76. The second-order valence-corrected chi connectivity index (χ2v) is 7.84. The summed E-state index contributed by atoms with van der Waals surface area (Å²) in [6.45, 7) is 1.54. The summed E-state index contributed by atoms with van der Waals surface area (Å²) in [4.78, 5) is 12.1. The minimum Gasteiger partial charge on any atom is -0.325 e. The monoisotopic (exact) mass is 372 g/mol. The third-order valence-corrected chi connectivity index (χ3v) is 5.08. The molecule has 0 saturated carbocycles. The van der Waals surface area contributed by atoms with E-state index in [-0.39, 0.29) is 9.79 Å². The van der Waals surface area contributed by atoms with Gasteiger partial charge in [-0.2, -0.15) is 0 Å². The molecule has 2 rings (SSSR count). The van der Waals surface area contributed by atoms with Gasteiger partial charge >= 0.3 is 0 Å². The number of hydrogen-bond donors (Lipinski definition) is 2. The summed E-state index contributed by atoms with van der Waals surface area (Å²) in [5, 5.41) is 6.85. The number of carbonyl (C=O) groups excluding carboxylic acids is 1. The van der Waals surface area contributed by atoms with Gasteiger partial charge in [-0.05, 0) is 49.4 Å². The molecule has 0 spiro atoms. The molecule has 0 fully saturated rings. The van der Waals surface area contributed by atoms with Crippen LogP contribution in [-0.2, 0) is 14.8 Å². The third-order valence-electron chi connectivity index (χ3n) is 3.02. The number of primary sulfonamides is 1. The first-order valence-corrected chi connectivity index (χ1v) is 9.15. The highest BCUT2D eigenvalue weighted by Gasteiger charge is 2.17. The van der Waals surface area contributed by atoms with E-state index >= 15 is 0 Å². The molecule has 0 aliphatic rings. The minimum absolute atomic E-state index is 0.0298. The van der Waals surface area contributed by atoms with Gasteiger partial charge in [-0.15, -0.1) is 11.8 Å². The lowest BCUT2D eigenvalue weighted by molar-refractivity contribution is -0.115. The largest absolute Gasteiger partial charge is 0.325 e. The molecule has 0 saturated heterocycles. The number of halogens is 2. The Hall–Kier alpha value is -1.97. The number of amides is 1. The van der Waals surface area contributed by atoms with Gasteiger partial charge in [-0.25, -0.2) is 22.3 Å². The number of nitrogens with two attached hydrogens (primary N) is 1. The van der Waals surface area contributed by atoms with Crippen LogP contribution in [0.4, 0.5) is 14.5 Å². The molecular weight excluding hydrogens is 358 g/mol. The van der Waals surface area contributed by atoms with Crippen LogP contribution in [0, 0.1) is 11.6 Å². The van der Waals surface area contributed by atoms with Crippen molar-refractivity contribution in [3.63, 3.8) is 0 Å². The molecule has 9 heteroatoms. The predicted molar refractivity (Wildman–Crippen MR) is 88.1 cm³/mol. The topological polar surface area (TPSA) is 89.3 Å². The average molecular weight is 372 g/mol. The highest BCUT2D eigenvalue weighted by atomic mass is 32.2. The van der Waals surface area contributed by atoms with E-state index in [0.29, 0.717) is 5.69 Å². The second-order valence-electron chi connectivity index (χ2n) is 4.89. The highest BCUT2D eigenvalue weighted by molar-refractivity contribution is 8.00. The second kappa shape index (κ2) is 7.29. The van der Waals surface area contributed by atoms with Crippen molar-refractivity contribution in [1.82, 2.24) is 0 Å². The molecule has 0 aliphatic carbocycles. The van der Waals surface area contributed by atoms with Gasteiger partial charge in [-0.1, -0.05) is 0 Å². The summed E-state index contributed by atoms with van der Waals surface area (Å²) in [5.74, 6) is -1.64. The summed E-state index contributed by atoms with van der Waals surface area (Å²) in [7, 11) is -3.81. The average Bonchev–Trinajstić information content (AvgIpc) is 2.50. The van der Waals surface area contributed by atoms with Crippen LogP contribution in [0.1, 0.15) is 6.92 Å². The molecule has 0 aliphatic heterocycles. The Bertz CT molecular complexity index is 856. The zero-order valence-corrected chi connectivity index (χ0v) is 14.1. The smallest absolute Gasteiger partial charge is 0.238 e.